The van der Waals surface area contributed by atoms with Crippen LogP contribution in [0.1, 0.15) is 31.7 Å². The third-order valence-electron chi connectivity index (χ3n) is 3.94. The van der Waals surface area contributed by atoms with Crippen LogP contribution in [0.25, 0.3) is 0 Å². The van der Waals surface area contributed by atoms with Gasteiger partial charge in [0.05, 0.1) is 18.2 Å². The highest BCUT2D eigenvalue weighted by Gasteiger charge is 2.32. The topological polar surface area (TPSA) is 66.8 Å². The second-order valence-corrected chi connectivity index (χ2v) is 6.53. The van der Waals surface area contributed by atoms with Crippen molar-refractivity contribution in [1.29, 1.82) is 0 Å². The van der Waals surface area contributed by atoms with E-state index in [1.807, 2.05) is 24.3 Å². The summed E-state index contributed by atoms with van der Waals surface area (Å²) in [7, 11) is 1.61. The van der Waals surface area contributed by atoms with E-state index in [9.17, 15) is 14.7 Å². The van der Waals surface area contributed by atoms with Gasteiger partial charge in [-0.15, -0.1) is 11.8 Å². The van der Waals surface area contributed by atoms with Crippen molar-refractivity contribution in [3.63, 3.8) is 0 Å². The number of carboxylic acid groups (broad SMARTS) is 1. The van der Waals surface area contributed by atoms with Crippen LogP contribution in [0.4, 0.5) is 0 Å². The fourth-order valence-electron chi connectivity index (χ4n) is 2.73. The number of benzene rings is 2. The maximum atomic E-state index is 12.9. The van der Waals surface area contributed by atoms with Crippen LogP contribution >= 0.6 is 11.8 Å². The largest absolute Gasteiger partial charge is 0.497 e. The normalized spacial score (nSPS) is 16.9. The molecule has 0 spiro atoms. The van der Waals surface area contributed by atoms with Gasteiger partial charge in [-0.1, -0.05) is 24.3 Å². The fourth-order valence-corrected chi connectivity index (χ4v) is 3.99. The lowest BCUT2D eigenvalue weighted by molar-refractivity contribution is 0.0676. The van der Waals surface area contributed by atoms with Gasteiger partial charge in [-0.3, -0.25) is 4.79 Å². The Morgan fingerprint density at radius 1 is 1.12 bits per heavy atom. The first-order chi connectivity index (χ1) is 11.6. The molecular formula is C18H17NO4S. The Balaban J connectivity index is 1.90. The molecule has 6 heteroatoms. The Labute approximate surface area is 144 Å². The zero-order chi connectivity index (χ0) is 17.1. The number of aromatic carboxylic acids is 1. The number of ether oxygens (including phenoxy) is 1. The smallest absolute Gasteiger partial charge is 0.336 e. The van der Waals surface area contributed by atoms with Crippen LogP contribution in [-0.4, -0.2) is 41.3 Å². The van der Waals surface area contributed by atoms with E-state index in [0.717, 1.165) is 17.1 Å². The minimum absolute atomic E-state index is 0.0351. The van der Waals surface area contributed by atoms with Crippen LogP contribution < -0.4 is 4.74 Å². The molecule has 0 aromatic heterocycles. The van der Waals surface area contributed by atoms with E-state index in [0.29, 0.717) is 6.54 Å². The molecule has 1 heterocycles. The van der Waals surface area contributed by atoms with Gasteiger partial charge in [0.15, 0.2) is 0 Å². The zero-order valence-electron chi connectivity index (χ0n) is 13.1. The number of rotatable bonds is 4. The predicted octanol–water partition coefficient (Wildman–Crippen LogP) is 3.28. The van der Waals surface area contributed by atoms with Crippen molar-refractivity contribution in [2.24, 2.45) is 0 Å². The number of carboxylic acids is 1. The Morgan fingerprint density at radius 2 is 1.79 bits per heavy atom. The minimum Gasteiger partial charge on any atom is -0.497 e. The number of hydrogen-bond donors (Lipinski definition) is 1. The molecule has 124 valence electrons. The van der Waals surface area contributed by atoms with Crippen LogP contribution in [0.3, 0.4) is 0 Å². The second-order valence-electron chi connectivity index (χ2n) is 5.35. The number of carbonyl (C=O) groups is 2. The molecule has 1 fully saturated rings. The number of amides is 1. The first-order valence-electron chi connectivity index (χ1n) is 7.50. The quantitative estimate of drug-likeness (QED) is 0.923. The maximum Gasteiger partial charge on any atom is 0.336 e. The van der Waals surface area contributed by atoms with Crippen molar-refractivity contribution in [3.8, 4) is 5.75 Å². The second kappa shape index (κ2) is 6.97. The summed E-state index contributed by atoms with van der Waals surface area (Å²) in [5.41, 5.74) is 1.26. The van der Waals surface area contributed by atoms with E-state index in [1.54, 1.807) is 42.0 Å². The summed E-state index contributed by atoms with van der Waals surface area (Å²) >= 11 is 1.67. The highest BCUT2D eigenvalue weighted by Crippen LogP contribution is 2.39. The Bertz CT molecular complexity index is 760. The Morgan fingerprint density at radius 3 is 2.42 bits per heavy atom. The zero-order valence-corrected chi connectivity index (χ0v) is 14.0. The van der Waals surface area contributed by atoms with Crippen molar-refractivity contribution >= 4 is 23.6 Å². The van der Waals surface area contributed by atoms with Crippen LogP contribution in [0.5, 0.6) is 5.75 Å². The van der Waals surface area contributed by atoms with Gasteiger partial charge >= 0.3 is 5.97 Å². The van der Waals surface area contributed by atoms with Gasteiger partial charge < -0.3 is 14.7 Å². The average Bonchev–Trinajstić information content (AvgIpc) is 3.10. The van der Waals surface area contributed by atoms with Gasteiger partial charge in [-0.2, -0.15) is 0 Å². The van der Waals surface area contributed by atoms with Gasteiger partial charge in [-0.05, 0) is 29.8 Å². The molecule has 1 aliphatic heterocycles. The van der Waals surface area contributed by atoms with Crippen LogP contribution in [0.15, 0.2) is 48.5 Å². The fraction of sp³-hybridized carbons (Fsp3) is 0.222. The standard InChI is InChI=1S/C18H17NO4S/c1-23-13-8-6-12(7-9-13)17-19(10-11-24-17)16(20)14-4-2-3-5-15(14)18(21)22/h2-9,17H,10-11H2,1H3,(H,21,22)/t17-/m0/s1. The van der Waals surface area contributed by atoms with Crippen LogP contribution in [-0.2, 0) is 0 Å². The van der Waals surface area contributed by atoms with Crippen molar-refractivity contribution in [2.75, 3.05) is 19.4 Å². The molecule has 0 unspecified atom stereocenters. The van der Waals surface area contributed by atoms with Crippen molar-refractivity contribution in [3.05, 3.63) is 65.2 Å². The van der Waals surface area contributed by atoms with E-state index < -0.39 is 5.97 Å². The molecule has 5 nitrogen and oxygen atoms in total. The number of nitrogens with zero attached hydrogens (tertiary/aromatic N) is 1. The van der Waals surface area contributed by atoms with E-state index in [2.05, 4.69) is 0 Å². The first-order valence-corrected chi connectivity index (χ1v) is 8.55. The van der Waals surface area contributed by atoms with Gasteiger partial charge in [0, 0.05) is 12.3 Å². The molecule has 0 radical (unpaired) electrons. The molecular weight excluding hydrogens is 326 g/mol. The molecule has 0 aliphatic carbocycles. The van der Waals surface area contributed by atoms with Crippen molar-refractivity contribution < 1.29 is 19.4 Å². The van der Waals surface area contributed by atoms with E-state index >= 15 is 0 Å². The number of thioether (sulfide) groups is 1. The van der Waals surface area contributed by atoms with Gasteiger partial charge in [-0.25, -0.2) is 4.79 Å². The lowest BCUT2D eigenvalue weighted by Gasteiger charge is -2.25. The summed E-state index contributed by atoms with van der Waals surface area (Å²) in [6, 6.07) is 13.9. The lowest BCUT2D eigenvalue weighted by Crippen LogP contribution is -2.31. The Kier molecular flexibility index (Phi) is 4.76. The molecule has 2 aromatic carbocycles. The molecule has 1 aliphatic rings. The summed E-state index contributed by atoms with van der Waals surface area (Å²) in [5, 5.41) is 9.19. The Hall–Kier alpha value is -2.47. The van der Waals surface area contributed by atoms with E-state index in [-0.39, 0.29) is 22.4 Å². The van der Waals surface area contributed by atoms with Crippen molar-refractivity contribution in [2.45, 2.75) is 5.37 Å². The predicted molar refractivity (Wildman–Crippen MR) is 92.6 cm³/mol. The van der Waals surface area contributed by atoms with Crippen LogP contribution in [0.2, 0.25) is 0 Å². The van der Waals surface area contributed by atoms with E-state index in [1.165, 1.54) is 6.07 Å². The minimum atomic E-state index is -1.09. The summed E-state index contributed by atoms with van der Waals surface area (Å²) in [6.07, 6.45) is 0. The number of methoxy groups -OCH3 is 1. The van der Waals surface area contributed by atoms with Gasteiger partial charge in [0.25, 0.3) is 5.91 Å². The third-order valence-corrected chi connectivity index (χ3v) is 5.20. The average molecular weight is 343 g/mol. The highest BCUT2D eigenvalue weighted by atomic mass is 32.2. The molecule has 24 heavy (non-hydrogen) atoms. The summed E-state index contributed by atoms with van der Waals surface area (Å²) in [4.78, 5) is 26.0. The molecule has 1 saturated heterocycles. The van der Waals surface area contributed by atoms with Gasteiger partial charge in [0.2, 0.25) is 0 Å². The maximum absolute atomic E-state index is 12.9. The highest BCUT2D eigenvalue weighted by molar-refractivity contribution is 7.99. The molecule has 1 N–H and O–H groups in total. The first kappa shape index (κ1) is 16.4. The molecule has 2 aromatic rings. The molecule has 0 saturated carbocycles. The monoisotopic (exact) mass is 343 g/mol. The number of carbonyl (C=O) groups excluding carboxylic acids is 1. The van der Waals surface area contributed by atoms with Gasteiger partial charge in [0.1, 0.15) is 11.1 Å². The lowest BCUT2D eigenvalue weighted by atomic mass is 10.1. The molecule has 1 atom stereocenters. The SMILES string of the molecule is COc1ccc([C@@H]2SCCN2C(=O)c2ccccc2C(=O)O)cc1. The molecule has 0 bridgehead atoms. The number of hydrogen-bond acceptors (Lipinski definition) is 4. The summed E-state index contributed by atoms with van der Waals surface area (Å²) in [6.45, 7) is 0.591. The van der Waals surface area contributed by atoms with Crippen molar-refractivity contribution in [1.82, 2.24) is 4.90 Å². The molecule has 1 amide bonds. The third kappa shape index (κ3) is 3.10. The molecule has 3 rings (SSSR count). The summed E-state index contributed by atoms with van der Waals surface area (Å²) in [5.74, 6) is 0.235. The summed E-state index contributed by atoms with van der Waals surface area (Å²) < 4.78 is 5.16. The van der Waals surface area contributed by atoms with Crippen LogP contribution in [0, 0.1) is 0 Å². The van der Waals surface area contributed by atoms with E-state index in [4.69, 9.17) is 4.74 Å².